The van der Waals surface area contributed by atoms with Crippen LogP contribution in [0.1, 0.15) is 23.2 Å². The lowest BCUT2D eigenvalue weighted by molar-refractivity contribution is 0.0697. The number of benzene rings is 1. The molecule has 1 atom stereocenters. The van der Waals surface area contributed by atoms with E-state index >= 15 is 0 Å². The van der Waals surface area contributed by atoms with Crippen LogP contribution in [0, 0.1) is 5.82 Å². The second-order valence-electron chi connectivity index (χ2n) is 4.01. The summed E-state index contributed by atoms with van der Waals surface area (Å²) in [5, 5.41) is 11.9. The van der Waals surface area contributed by atoms with Gasteiger partial charge in [-0.25, -0.2) is 9.18 Å². The Labute approximate surface area is 98.4 Å². The Hall–Kier alpha value is -1.62. The summed E-state index contributed by atoms with van der Waals surface area (Å²) >= 11 is 0. The van der Waals surface area contributed by atoms with Gasteiger partial charge in [0.15, 0.2) is 0 Å². The van der Waals surface area contributed by atoms with Crippen molar-refractivity contribution in [3.63, 3.8) is 0 Å². The molecule has 4 nitrogen and oxygen atoms in total. The van der Waals surface area contributed by atoms with Gasteiger partial charge in [0.05, 0.1) is 11.7 Å². The number of nitrogens with one attached hydrogen (secondary N) is 1. The van der Waals surface area contributed by atoms with Gasteiger partial charge in [0, 0.05) is 18.8 Å². The van der Waals surface area contributed by atoms with Crippen LogP contribution >= 0.6 is 0 Å². The molecule has 17 heavy (non-hydrogen) atoms. The second-order valence-corrected chi connectivity index (χ2v) is 4.01. The summed E-state index contributed by atoms with van der Waals surface area (Å²) in [4.78, 5) is 10.9. The molecule has 0 amide bonds. The minimum Gasteiger partial charge on any atom is -0.478 e. The number of carbonyl (C=O) groups is 1. The molecule has 1 unspecified atom stereocenters. The maximum atomic E-state index is 12.9. The summed E-state index contributed by atoms with van der Waals surface area (Å²) < 4.78 is 18.3. The number of aromatic carboxylic acids is 1. The zero-order chi connectivity index (χ0) is 12.3. The lowest BCUT2D eigenvalue weighted by Gasteiger charge is -2.13. The maximum absolute atomic E-state index is 12.9. The molecule has 0 saturated carbocycles. The maximum Gasteiger partial charge on any atom is 0.337 e. The molecule has 0 spiro atoms. The van der Waals surface area contributed by atoms with Gasteiger partial charge in [0.2, 0.25) is 0 Å². The van der Waals surface area contributed by atoms with Crippen molar-refractivity contribution in [3.8, 4) is 0 Å². The Morgan fingerprint density at radius 2 is 2.41 bits per heavy atom. The van der Waals surface area contributed by atoms with E-state index in [2.05, 4.69) is 5.32 Å². The van der Waals surface area contributed by atoms with Gasteiger partial charge in [-0.15, -0.1) is 0 Å². The molecular formula is C12H14FNO3. The van der Waals surface area contributed by atoms with Crippen molar-refractivity contribution in [3.05, 3.63) is 29.6 Å². The van der Waals surface area contributed by atoms with Gasteiger partial charge in [0.1, 0.15) is 5.82 Å². The molecule has 5 heteroatoms. The number of hydrogen-bond donors (Lipinski definition) is 2. The predicted octanol–water partition coefficient (Wildman–Crippen LogP) is 2.11. The van der Waals surface area contributed by atoms with Crippen molar-refractivity contribution in [2.24, 2.45) is 0 Å². The average molecular weight is 239 g/mol. The number of halogens is 1. The topological polar surface area (TPSA) is 58.6 Å². The zero-order valence-corrected chi connectivity index (χ0v) is 9.28. The normalized spacial score (nSPS) is 19.2. The fraction of sp³-hybridized carbons (Fsp3) is 0.417. The summed E-state index contributed by atoms with van der Waals surface area (Å²) in [6.07, 6.45) is 2.11. The fourth-order valence-corrected chi connectivity index (χ4v) is 1.88. The van der Waals surface area contributed by atoms with Crippen LogP contribution < -0.4 is 5.32 Å². The molecule has 2 rings (SSSR count). The molecule has 92 valence electrons. The van der Waals surface area contributed by atoms with Crippen LogP contribution in [0.15, 0.2) is 18.2 Å². The fourth-order valence-electron chi connectivity index (χ4n) is 1.88. The second kappa shape index (κ2) is 5.14. The molecule has 0 aliphatic carbocycles. The third kappa shape index (κ3) is 2.94. The Morgan fingerprint density at radius 1 is 1.59 bits per heavy atom. The SMILES string of the molecule is O=C(O)c1cc(F)ccc1NCC1CCCO1. The molecular weight excluding hydrogens is 225 g/mol. The first-order chi connectivity index (χ1) is 8.16. The van der Waals surface area contributed by atoms with Crippen molar-refractivity contribution >= 4 is 11.7 Å². The summed E-state index contributed by atoms with van der Waals surface area (Å²) in [5.41, 5.74) is 0.373. The number of rotatable bonds is 4. The van der Waals surface area contributed by atoms with Crippen molar-refractivity contribution in [1.29, 1.82) is 0 Å². The molecule has 0 bridgehead atoms. The predicted molar refractivity (Wildman–Crippen MR) is 60.8 cm³/mol. The third-order valence-corrected chi connectivity index (χ3v) is 2.76. The van der Waals surface area contributed by atoms with Crippen molar-refractivity contribution < 1.29 is 19.0 Å². The van der Waals surface area contributed by atoms with Gasteiger partial charge in [0.25, 0.3) is 0 Å². The van der Waals surface area contributed by atoms with Gasteiger partial charge >= 0.3 is 5.97 Å². The number of anilines is 1. The molecule has 1 saturated heterocycles. The first-order valence-corrected chi connectivity index (χ1v) is 5.55. The van der Waals surface area contributed by atoms with Crippen LogP contribution in [-0.2, 0) is 4.74 Å². The quantitative estimate of drug-likeness (QED) is 0.844. The molecule has 1 aliphatic heterocycles. The molecule has 1 fully saturated rings. The van der Waals surface area contributed by atoms with Crippen molar-refractivity contribution in [2.45, 2.75) is 18.9 Å². The lowest BCUT2D eigenvalue weighted by atomic mass is 10.1. The van der Waals surface area contributed by atoms with Gasteiger partial charge in [-0.3, -0.25) is 0 Å². The van der Waals surface area contributed by atoms with Gasteiger partial charge in [-0.2, -0.15) is 0 Å². The minimum atomic E-state index is -1.14. The number of carboxylic acid groups (broad SMARTS) is 1. The van der Waals surface area contributed by atoms with E-state index in [-0.39, 0.29) is 11.7 Å². The van der Waals surface area contributed by atoms with Gasteiger partial charge < -0.3 is 15.2 Å². The van der Waals surface area contributed by atoms with Crippen LogP contribution in [0.4, 0.5) is 10.1 Å². The molecule has 1 aliphatic rings. The summed E-state index contributed by atoms with van der Waals surface area (Å²) in [5.74, 6) is -1.69. The zero-order valence-electron chi connectivity index (χ0n) is 9.28. The standard InChI is InChI=1S/C12H14FNO3/c13-8-3-4-11(10(6-8)12(15)16)14-7-9-2-1-5-17-9/h3-4,6,9,14H,1-2,5,7H2,(H,15,16). The molecule has 1 heterocycles. The molecule has 1 aromatic rings. The highest BCUT2D eigenvalue weighted by Crippen LogP contribution is 2.19. The van der Waals surface area contributed by atoms with E-state index in [9.17, 15) is 9.18 Å². The molecule has 2 N–H and O–H groups in total. The molecule has 0 radical (unpaired) electrons. The summed E-state index contributed by atoms with van der Waals surface area (Å²) in [7, 11) is 0. The highest BCUT2D eigenvalue weighted by Gasteiger charge is 2.17. The monoisotopic (exact) mass is 239 g/mol. The first kappa shape index (κ1) is 11.9. The van der Waals surface area contributed by atoms with E-state index in [1.165, 1.54) is 12.1 Å². The van der Waals surface area contributed by atoms with Crippen LogP contribution in [0.2, 0.25) is 0 Å². The smallest absolute Gasteiger partial charge is 0.337 e. The Bertz CT molecular complexity index is 416. The average Bonchev–Trinajstić information content (AvgIpc) is 2.80. The van der Waals surface area contributed by atoms with Crippen LogP contribution in [-0.4, -0.2) is 30.3 Å². The van der Waals surface area contributed by atoms with Crippen molar-refractivity contribution in [1.82, 2.24) is 0 Å². The van der Waals surface area contributed by atoms with Gasteiger partial charge in [-0.05, 0) is 31.0 Å². The van der Waals surface area contributed by atoms with Gasteiger partial charge in [-0.1, -0.05) is 0 Å². The Balaban J connectivity index is 2.06. The largest absolute Gasteiger partial charge is 0.478 e. The highest BCUT2D eigenvalue weighted by molar-refractivity contribution is 5.94. The lowest BCUT2D eigenvalue weighted by Crippen LogP contribution is -2.19. The summed E-state index contributed by atoms with van der Waals surface area (Å²) in [6.45, 7) is 1.30. The van der Waals surface area contributed by atoms with E-state index in [1.807, 2.05) is 0 Å². The van der Waals surface area contributed by atoms with E-state index in [1.54, 1.807) is 0 Å². The van der Waals surface area contributed by atoms with Crippen molar-refractivity contribution in [2.75, 3.05) is 18.5 Å². The van der Waals surface area contributed by atoms with Crippen LogP contribution in [0.3, 0.4) is 0 Å². The number of ether oxygens (including phenoxy) is 1. The highest BCUT2D eigenvalue weighted by atomic mass is 19.1. The van der Waals surface area contributed by atoms with E-state index in [4.69, 9.17) is 9.84 Å². The molecule has 1 aromatic carbocycles. The number of carboxylic acids is 1. The first-order valence-electron chi connectivity index (χ1n) is 5.55. The Morgan fingerprint density at radius 3 is 3.06 bits per heavy atom. The van der Waals surface area contributed by atoms with E-state index in [0.29, 0.717) is 12.2 Å². The van der Waals surface area contributed by atoms with E-state index in [0.717, 1.165) is 25.5 Å². The van der Waals surface area contributed by atoms with E-state index < -0.39 is 11.8 Å². The summed E-state index contributed by atoms with van der Waals surface area (Å²) in [6, 6.07) is 3.69. The third-order valence-electron chi connectivity index (χ3n) is 2.76. The number of hydrogen-bond acceptors (Lipinski definition) is 3. The molecule has 0 aromatic heterocycles. The van der Waals surface area contributed by atoms with Crippen LogP contribution in [0.5, 0.6) is 0 Å². The minimum absolute atomic E-state index is 0.0528. The van der Waals surface area contributed by atoms with Crippen LogP contribution in [0.25, 0.3) is 0 Å². The Kier molecular flexibility index (Phi) is 3.58.